The maximum Gasteiger partial charge on any atom is 0.316 e. The van der Waals surface area contributed by atoms with E-state index in [1.807, 2.05) is 20.8 Å². The molecule has 7 heteroatoms. The summed E-state index contributed by atoms with van der Waals surface area (Å²) in [5.41, 5.74) is 0. The van der Waals surface area contributed by atoms with Crippen molar-refractivity contribution in [1.82, 2.24) is 0 Å². The topological polar surface area (TPSA) is 74.2 Å². The van der Waals surface area contributed by atoms with Crippen LogP contribution in [0, 0.1) is 0 Å². The van der Waals surface area contributed by atoms with E-state index in [-0.39, 0.29) is 31.0 Å². The lowest BCUT2D eigenvalue weighted by Gasteiger charge is -2.22. The van der Waals surface area contributed by atoms with E-state index < -0.39 is 14.0 Å². The molecule has 0 saturated carbocycles. The first-order chi connectivity index (χ1) is 7.39. The van der Waals surface area contributed by atoms with Crippen molar-refractivity contribution in [2.75, 3.05) is 6.61 Å². The van der Waals surface area contributed by atoms with Crippen LogP contribution in [0.1, 0.15) is 20.8 Å². The van der Waals surface area contributed by atoms with Crippen molar-refractivity contribution in [3.05, 3.63) is 0 Å². The van der Waals surface area contributed by atoms with E-state index in [0.29, 0.717) is 0 Å². The molecule has 0 radical (unpaired) electrons. The van der Waals surface area contributed by atoms with Gasteiger partial charge >= 0.3 is 8.25 Å². The van der Waals surface area contributed by atoms with Crippen LogP contribution in [0.4, 0.5) is 0 Å². The van der Waals surface area contributed by atoms with Crippen LogP contribution in [0.2, 0.25) is 0 Å². The molecule has 0 bridgehead atoms. The largest absolute Gasteiger partial charge is 0.367 e. The summed E-state index contributed by atoms with van der Waals surface area (Å²) in [6, 6.07) is 0. The molecule has 2 fully saturated rings. The fourth-order valence-corrected chi connectivity index (χ4v) is 2.49. The fraction of sp³-hybridized carbons (Fsp3) is 1.00. The third-order valence-electron chi connectivity index (χ3n) is 2.75. The van der Waals surface area contributed by atoms with Gasteiger partial charge in [0.25, 0.3) is 0 Å². The average molecular weight is 252 g/mol. The Morgan fingerprint density at radius 1 is 1.38 bits per heavy atom. The molecule has 1 N–H and O–H groups in total. The summed E-state index contributed by atoms with van der Waals surface area (Å²) in [5, 5.41) is 0. The Morgan fingerprint density at radius 2 is 2.00 bits per heavy atom. The molecule has 5 atom stereocenters. The van der Waals surface area contributed by atoms with Gasteiger partial charge < -0.3 is 23.6 Å². The van der Waals surface area contributed by atoms with Crippen LogP contribution in [0.25, 0.3) is 0 Å². The van der Waals surface area contributed by atoms with Crippen molar-refractivity contribution in [2.45, 2.75) is 51.0 Å². The molecule has 6 nitrogen and oxygen atoms in total. The van der Waals surface area contributed by atoms with Crippen molar-refractivity contribution in [1.29, 1.82) is 0 Å². The van der Waals surface area contributed by atoms with Gasteiger partial charge in [0, 0.05) is 0 Å². The summed E-state index contributed by atoms with van der Waals surface area (Å²) in [7, 11) is -2.92. The van der Waals surface area contributed by atoms with Crippen LogP contribution < -0.4 is 0 Å². The van der Waals surface area contributed by atoms with Crippen molar-refractivity contribution < 1.29 is 28.2 Å². The molecule has 2 aliphatic heterocycles. The van der Waals surface area contributed by atoms with E-state index in [4.69, 9.17) is 23.6 Å². The summed E-state index contributed by atoms with van der Waals surface area (Å²) in [6.45, 7) is 5.62. The van der Waals surface area contributed by atoms with Gasteiger partial charge in [0.05, 0.1) is 12.7 Å². The Balaban J connectivity index is 1.99. The lowest BCUT2D eigenvalue weighted by Crippen LogP contribution is -2.32. The molecule has 5 unspecified atom stereocenters. The summed E-state index contributed by atoms with van der Waals surface area (Å²) in [5.74, 6) is -0.629. The van der Waals surface area contributed by atoms with Gasteiger partial charge in [-0.25, -0.2) is 0 Å². The maximum atomic E-state index is 10.5. The monoisotopic (exact) mass is 252 g/mol. The second kappa shape index (κ2) is 4.37. The highest BCUT2D eigenvalue weighted by Gasteiger charge is 2.53. The second-order valence-corrected chi connectivity index (χ2v) is 5.34. The predicted octanol–water partition coefficient (Wildman–Crippen LogP) is 0.692. The van der Waals surface area contributed by atoms with E-state index >= 15 is 0 Å². The van der Waals surface area contributed by atoms with Crippen molar-refractivity contribution in [3.63, 3.8) is 0 Å². The molecular formula is C9H17O6P. The minimum Gasteiger partial charge on any atom is -0.367 e. The van der Waals surface area contributed by atoms with Crippen molar-refractivity contribution in [3.8, 4) is 0 Å². The first-order valence-electron chi connectivity index (χ1n) is 5.26. The molecular weight excluding hydrogens is 235 g/mol. The predicted molar refractivity (Wildman–Crippen MR) is 55.3 cm³/mol. The molecule has 94 valence electrons. The maximum absolute atomic E-state index is 10.5. The van der Waals surface area contributed by atoms with Gasteiger partial charge in [0.1, 0.15) is 18.3 Å². The quantitative estimate of drug-likeness (QED) is 0.745. The lowest BCUT2D eigenvalue weighted by molar-refractivity contribution is -0.187. The Hall–Kier alpha value is 0.0300. The molecule has 0 aromatic carbocycles. The number of fused-ring (bicyclic) bond motifs is 1. The summed E-state index contributed by atoms with van der Waals surface area (Å²) in [6.07, 6.45) is -0.805. The van der Waals surface area contributed by atoms with Crippen LogP contribution in [0.3, 0.4) is 0 Å². The Kier molecular flexibility index (Phi) is 3.41. The molecule has 0 aromatic heterocycles. The van der Waals surface area contributed by atoms with Gasteiger partial charge in [-0.05, 0) is 20.8 Å². The third kappa shape index (κ3) is 2.47. The Bertz CT molecular complexity index is 294. The van der Waals surface area contributed by atoms with Crippen LogP contribution in [0.15, 0.2) is 0 Å². The summed E-state index contributed by atoms with van der Waals surface area (Å²) in [4.78, 5) is 8.62. The fourth-order valence-electron chi connectivity index (χ4n) is 2.19. The van der Waals surface area contributed by atoms with Gasteiger partial charge in [0.15, 0.2) is 5.79 Å². The third-order valence-corrected chi connectivity index (χ3v) is 3.17. The zero-order valence-corrected chi connectivity index (χ0v) is 10.5. The lowest BCUT2D eigenvalue weighted by atomic mass is 10.1. The van der Waals surface area contributed by atoms with E-state index in [2.05, 4.69) is 0 Å². The molecule has 2 saturated heterocycles. The number of rotatable bonds is 3. The van der Waals surface area contributed by atoms with Gasteiger partial charge in [-0.2, -0.15) is 0 Å². The zero-order valence-electron chi connectivity index (χ0n) is 9.50. The van der Waals surface area contributed by atoms with E-state index in [0.717, 1.165) is 0 Å². The molecule has 2 heterocycles. The number of ether oxygens (including phenoxy) is 3. The van der Waals surface area contributed by atoms with Crippen molar-refractivity contribution >= 4 is 8.25 Å². The normalized spacial score (nSPS) is 43.2. The summed E-state index contributed by atoms with van der Waals surface area (Å²) < 4.78 is 32.1. The molecule has 2 aliphatic rings. The highest BCUT2D eigenvalue weighted by Crippen LogP contribution is 2.39. The number of hydrogen-bond acceptors (Lipinski definition) is 5. The van der Waals surface area contributed by atoms with Crippen LogP contribution >= 0.6 is 8.25 Å². The van der Waals surface area contributed by atoms with Gasteiger partial charge in [-0.15, -0.1) is 0 Å². The molecule has 2 rings (SSSR count). The molecule has 0 aliphatic carbocycles. The second-order valence-electron chi connectivity index (χ2n) is 4.52. The first-order valence-corrected chi connectivity index (χ1v) is 6.52. The van der Waals surface area contributed by atoms with Crippen LogP contribution in [-0.4, -0.2) is 41.7 Å². The zero-order chi connectivity index (χ0) is 11.9. The van der Waals surface area contributed by atoms with Crippen molar-refractivity contribution in [2.24, 2.45) is 0 Å². The van der Waals surface area contributed by atoms with Crippen LogP contribution in [0.5, 0.6) is 0 Å². The van der Waals surface area contributed by atoms with E-state index in [1.165, 1.54) is 0 Å². The molecule has 16 heavy (non-hydrogen) atoms. The minimum atomic E-state index is -2.92. The highest BCUT2D eigenvalue weighted by molar-refractivity contribution is 7.32. The highest BCUT2D eigenvalue weighted by atomic mass is 31.1. The van der Waals surface area contributed by atoms with Crippen LogP contribution in [-0.2, 0) is 23.3 Å². The Morgan fingerprint density at radius 3 is 2.62 bits per heavy atom. The average Bonchev–Trinajstić information content (AvgIpc) is 2.59. The number of hydrogen-bond donors (Lipinski definition) is 1. The van der Waals surface area contributed by atoms with Gasteiger partial charge in [-0.3, -0.25) is 4.57 Å². The molecule has 0 amide bonds. The van der Waals surface area contributed by atoms with Gasteiger partial charge in [-0.1, -0.05) is 0 Å². The van der Waals surface area contributed by atoms with Gasteiger partial charge in [0.2, 0.25) is 0 Å². The van der Waals surface area contributed by atoms with E-state index in [9.17, 15) is 4.57 Å². The van der Waals surface area contributed by atoms with E-state index in [1.54, 1.807) is 0 Å². The standard InChI is InChI=1S/C9H17O6P/c1-5-7-8(15-9(2,3)14-7)6(13-5)4-12-16(10)11/h5-8,16H,4H2,1-3H3,(H,10,11). The minimum absolute atomic E-state index is 0.0548. The Labute approximate surface area is 94.8 Å². The summed E-state index contributed by atoms with van der Waals surface area (Å²) >= 11 is 0. The first kappa shape index (κ1) is 12.5. The SMILES string of the molecule is CC1OC(CO[PH](=O)O)C2OC(C)(C)OC12. The molecule has 0 aromatic rings. The molecule has 0 spiro atoms. The smallest absolute Gasteiger partial charge is 0.316 e.